The first kappa shape index (κ1) is 21.4. The number of hydrogen-bond donors (Lipinski definition) is 0. The molecule has 0 saturated carbocycles. The second-order valence-corrected chi connectivity index (χ2v) is 10.7. The van der Waals surface area contributed by atoms with E-state index in [0.717, 1.165) is 9.79 Å². The van der Waals surface area contributed by atoms with Crippen LogP contribution in [0, 0.1) is 17.9 Å². The van der Waals surface area contributed by atoms with Crippen LogP contribution in [0.2, 0.25) is 0 Å². The van der Waals surface area contributed by atoms with Crippen LogP contribution in [0.15, 0.2) is 128 Å². The van der Waals surface area contributed by atoms with Crippen molar-refractivity contribution in [1.82, 2.24) is 0 Å². The Morgan fingerprint density at radius 3 is 1.91 bits per heavy atom. The van der Waals surface area contributed by atoms with Gasteiger partial charge in [-0.1, -0.05) is 42.5 Å². The summed E-state index contributed by atoms with van der Waals surface area (Å²) >= 11 is 0. The summed E-state index contributed by atoms with van der Waals surface area (Å²) in [6.07, 6.45) is 0. The van der Waals surface area contributed by atoms with Crippen LogP contribution in [0.3, 0.4) is 0 Å². The minimum Gasteiger partial charge on any atom is -0.238 e. The number of benzene rings is 4. The van der Waals surface area contributed by atoms with Gasteiger partial charge >= 0.3 is 0 Å². The molecule has 154 valence electrons. The zero-order valence-electron chi connectivity index (χ0n) is 16.8. The highest BCUT2D eigenvalue weighted by atomic mass is 32.2. The Morgan fingerprint density at radius 2 is 1.31 bits per heavy atom. The Labute approximate surface area is 190 Å². The van der Waals surface area contributed by atoms with Crippen LogP contribution in [0.5, 0.6) is 0 Å². The molecule has 0 aromatic heterocycles. The molecule has 0 radical (unpaired) electrons. The van der Waals surface area contributed by atoms with Gasteiger partial charge < -0.3 is 0 Å². The lowest BCUT2D eigenvalue weighted by atomic mass is 10.2. The fourth-order valence-electron chi connectivity index (χ4n) is 3.28. The van der Waals surface area contributed by atoms with Gasteiger partial charge in [0.15, 0.2) is 20.4 Å². The molecule has 32 heavy (non-hydrogen) atoms. The van der Waals surface area contributed by atoms with Gasteiger partial charge in [-0.25, -0.2) is 13.3 Å². The fraction of sp³-hybridized carbons (Fsp3) is 0. The fourth-order valence-corrected chi connectivity index (χ4v) is 7.30. The Hall–Kier alpha value is -3.84. The molecule has 0 bridgehead atoms. The Bertz CT molecular complexity index is 1380. The molecule has 4 aromatic carbocycles. The van der Waals surface area contributed by atoms with Crippen LogP contribution in [-0.4, -0.2) is 8.42 Å². The second-order valence-electron chi connectivity index (χ2n) is 6.81. The lowest BCUT2D eigenvalue weighted by Crippen LogP contribution is -2.12. The van der Waals surface area contributed by atoms with Gasteiger partial charge in [-0.15, -0.1) is 0 Å². The Balaban J connectivity index is 1.94. The maximum Gasteiger partial charge on any atom is 0.211 e. The van der Waals surface area contributed by atoms with Gasteiger partial charge in [0.25, 0.3) is 0 Å². The molecule has 4 rings (SSSR count). The first-order chi connectivity index (χ1) is 15.5. The van der Waals surface area contributed by atoms with Gasteiger partial charge in [0.1, 0.15) is 15.8 Å². The van der Waals surface area contributed by atoms with Gasteiger partial charge in [-0.05, 0) is 60.7 Å². The number of nitriles is 1. The van der Waals surface area contributed by atoms with Crippen molar-refractivity contribution in [2.45, 2.75) is 24.5 Å². The molecule has 4 nitrogen and oxygen atoms in total. The minimum atomic E-state index is -3.75. The van der Waals surface area contributed by atoms with E-state index < -0.39 is 20.7 Å². The smallest absolute Gasteiger partial charge is 0.211 e. The predicted molar refractivity (Wildman–Crippen MR) is 124 cm³/mol. The summed E-state index contributed by atoms with van der Waals surface area (Å²) in [6, 6.07) is 31.9. The molecule has 0 aliphatic heterocycles. The van der Waals surface area contributed by atoms with E-state index in [0.29, 0.717) is 16.1 Å². The van der Waals surface area contributed by atoms with Crippen molar-refractivity contribution < 1.29 is 8.42 Å². The molecule has 0 spiro atoms. The molecule has 0 aliphatic carbocycles. The molecule has 0 heterocycles. The average Bonchev–Trinajstić information content (AvgIpc) is 2.86. The van der Waals surface area contributed by atoms with Crippen LogP contribution >= 0.6 is 0 Å². The average molecular weight is 454 g/mol. The van der Waals surface area contributed by atoms with Crippen LogP contribution < -0.4 is 0 Å². The van der Waals surface area contributed by atoms with E-state index in [1.807, 2.05) is 36.4 Å². The highest BCUT2D eigenvalue weighted by Gasteiger charge is 2.35. The first-order valence-electron chi connectivity index (χ1n) is 9.66. The Kier molecular flexibility index (Phi) is 6.09. The van der Waals surface area contributed by atoms with Crippen molar-refractivity contribution in [3.63, 3.8) is 0 Å². The molecule has 0 amide bonds. The standard InChI is InChI=1S/C26H17N2O2S2/c1-28-21-13-17-23(18-14-21)31(22-15-11-20(19-27)12-16-22)25-9-5-6-10-26(25)32(29,30)24-7-3-2-4-8-24/h2-18H/q+1. The van der Waals surface area contributed by atoms with Gasteiger partial charge in [-0.2, -0.15) is 5.26 Å². The molecule has 1 unspecified atom stereocenters. The van der Waals surface area contributed by atoms with E-state index >= 15 is 0 Å². The van der Waals surface area contributed by atoms with Crippen molar-refractivity contribution >= 4 is 26.4 Å². The molecule has 0 saturated heterocycles. The maximum absolute atomic E-state index is 13.5. The Morgan fingerprint density at radius 1 is 0.750 bits per heavy atom. The second kappa shape index (κ2) is 9.11. The van der Waals surface area contributed by atoms with Crippen LogP contribution in [0.25, 0.3) is 4.85 Å². The molecule has 1 atom stereocenters. The highest BCUT2D eigenvalue weighted by molar-refractivity contribution is 7.98. The van der Waals surface area contributed by atoms with Gasteiger partial charge in [0.2, 0.25) is 9.84 Å². The van der Waals surface area contributed by atoms with E-state index in [1.165, 1.54) is 0 Å². The topological polar surface area (TPSA) is 62.3 Å². The molecule has 0 N–H and O–H groups in total. The third-order valence-corrected chi connectivity index (χ3v) is 9.07. The number of hydrogen-bond acceptors (Lipinski definition) is 3. The van der Waals surface area contributed by atoms with Crippen molar-refractivity contribution in [2.75, 3.05) is 0 Å². The molecular formula is C26H17N2O2S2+. The number of sulfone groups is 1. The summed E-state index contributed by atoms with van der Waals surface area (Å²) in [5.74, 6) is 0. The third kappa shape index (κ3) is 4.15. The minimum absolute atomic E-state index is 0.235. The van der Waals surface area contributed by atoms with E-state index in [9.17, 15) is 13.7 Å². The lowest BCUT2D eigenvalue weighted by molar-refractivity contribution is 0.594. The zero-order chi connectivity index (χ0) is 22.6. The van der Waals surface area contributed by atoms with E-state index in [2.05, 4.69) is 10.9 Å². The molecule has 4 aromatic rings. The summed E-state index contributed by atoms with van der Waals surface area (Å²) in [7, 11) is -4.51. The van der Waals surface area contributed by atoms with E-state index in [1.54, 1.807) is 66.7 Å². The number of rotatable bonds is 5. The SMILES string of the molecule is [C-]#[N+]c1ccc([S+](c2ccc(C#N)cc2)c2ccccc2S(=O)(=O)c2ccccc2)cc1. The van der Waals surface area contributed by atoms with Crippen molar-refractivity contribution in [2.24, 2.45) is 0 Å². The third-order valence-electron chi connectivity index (χ3n) is 4.83. The lowest BCUT2D eigenvalue weighted by Gasteiger charge is -2.13. The van der Waals surface area contributed by atoms with Gasteiger partial charge in [0.05, 0.1) is 23.1 Å². The maximum atomic E-state index is 13.5. The zero-order valence-corrected chi connectivity index (χ0v) is 18.5. The van der Waals surface area contributed by atoms with Crippen molar-refractivity contribution in [3.8, 4) is 6.07 Å². The van der Waals surface area contributed by atoms with Crippen molar-refractivity contribution in [1.29, 1.82) is 5.26 Å². The molecular weight excluding hydrogens is 436 g/mol. The largest absolute Gasteiger partial charge is 0.238 e. The van der Waals surface area contributed by atoms with E-state index in [4.69, 9.17) is 6.57 Å². The van der Waals surface area contributed by atoms with Crippen LogP contribution in [-0.2, 0) is 20.7 Å². The molecule has 6 heteroatoms. The summed E-state index contributed by atoms with van der Waals surface area (Å²) in [5.41, 5.74) is 1.05. The monoisotopic (exact) mass is 453 g/mol. The summed E-state index contributed by atoms with van der Waals surface area (Å²) in [5, 5.41) is 9.18. The van der Waals surface area contributed by atoms with Crippen molar-refractivity contribution in [3.05, 3.63) is 120 Å². The molecule has 0 fully saturated rings. The van der Waals surface area contributed by atoms with Gasteiger partial charge in [0, 0.05) is 0 Å². The predicted octanol–water partition coefficient (Wildman–Crippen LogP) is 6.04. The summed E-state index contributed by atoms with van der Waals surface area (Å²) in [4.78, 5) is 6.37. The van der Waals surface area contributed by atoms with Crippen LogP contribution in [0.1, 0.15) is 5.56 Å². The van der Waals surface area contributed by atoms with Gasteiger partial charge in [-0.3, -0.25) is 0 Å². The highest BCUT2D eigenvalue weighted by Crippen LogP contribution is 2.37. The summed E-state index contributed by atoms with van der Waals surface area (Å²) in [6.45, 7) is 7.22. The quantitative estimate of drug-likeness (QED) is 0.273. The number of nitrogens with zero attached hydrogens (tertiary/aromatic N) is 2. The first-order valence-corrected chi connectivity index (χ1v) is 12.4. The molecule has 0 aliphatic rings. The normalized spacial score (nSPS) is 11.8. The summed E-state index contributed by atoms with van der Waals surface area (Å²) < 4.78 is 27.1. The van der Waals surface area contributed by atoms with Crippen LogP contribution in [0.4, 0.5) is 5.69 Å². The van der Waals surface area contributed by atoms with E-state index in [-0.39, 0.29) is 9.79 Å².